The molecule has 1 aliphatic heterocycles. The summed E-state index contributed by atoms with van der Waals surface area (Å²) in [6, 6.07) is 17.1. The molecule has 1 aliphatic rings. The van der Waals surface area contributed by atoms with Crippen molar-refractivity contribution in [2.75, 3.05) is 18.4 Å². The Kier molecular flexibility index (Phi) is 6.16. The molecule has 7 heteroatoms. The number of pyridine rings is 1. The third-order valence-electron chi connectivity index (χ3n) is 5.99. The zero-order valence-electron chi connectivity index (χ0n) is 18.2. The average molecular weight is 431 g/mol. The molecule has 0 radical (unpaired) electrons. The minimum absolute atomic E-state index is 0.0157. The fourth-order valence-corrected chi connectivity index (χ4v) is 4.07. The summed E-state index contributed by atoms with van der Waals surface area (Å²) < 4.78 is 0. The lowest BCUT2D eigenvalue weighted by Gasteiger charge is -2.34. The van der Waals surface area contributed by atoms with E-state index in [2.05, 4.69) is 42.3 Å². The van der Waals surface area contributed by atoms with Gasteiger partial charge in [-0.05, 0) is 61.1 Å². The summed E-state index contributed by atoms with van der Waals surface area (Å²) in [7, 11) is 0. The molecule has 1 N–H and O–H groups in total. The Hall–Kier alpha value is -3.74. The number of hydrogen-bond donors (Lipinski definition) is 1. The molecule has 1 aromatic heterocycles. The number of nitro groups is 1. The van der Waals surface area contributed by atoms with E-state index in [4.69, 9.17) is 0 Å². The SMILES string of the molecule is Cc1ccc(-c2ccccc2C(=O)N2CCCC(Nc3ccc([N+](=O)[O-])cn3)C2)cc1C. The van der Waals surface area contributed by atoms with Crippen molar-refractivity contribution < 1.29 is 9.72 Å². The first-order valence-electron chi connectivity index (χ1n) is 10.8. The monoisotopic (exact) mass is 430 g/mol. The van der Waals surface area contributed by atoms with Gasteiger partial charge in [-0.2, -0.15) is 0 Å². The second-order valence-electron chi connectivity index (χ2n) is 8.24. The summed E-state index contributed by atoms with van der Waals surface area (Å²) in [6.45, 7) is 5.41. The molecule has 1 amide bonds. The zero-order chi connectivity index (χ0) is 22.7. The van der Waals surface area contributed by atoms with Crippen molar-refractivity contribution in [1.82, 2.24) is 9.88 Å². The van der Waals surface area contributed by atoms with E-state index >= 15 is 0 Å². The van der Waals surface area contributed by atoms with Crippen LogP contribution in [0.15, 0.2) is 60.8 Å². The number of nitrogens with zero attached hydrogens (tertiary/aromatic N) is 3. The fourth-order valence-electron chi connectivity index (χ4n) is 4.07. The summed E-state index contributed by atoms with van der Waals surface area (Å²) in [5, 5.41) is 14.1. The van der Waals surface area contributed by atoms with Crippen molar-refractivity contribution in [2.45, 2.75) is 32.7 Å². The Morgan fingerprint density at radius 2 is 1.94 bits per heavy atom. The van der Waals surface area contributed by atoms with Crippen molar-refractivity contribution in [3.05, 3.63) is 87.6 Å². The molecule has 0 bridgehead atoms. The highest BCUT2D eigenvalue weighted by molar-refractivity contribution is 6.01. The molecule has 0 saturated carbocycles. The van der Waals surface area contributed by atoms with Gasteiger partial charge < -0.3 is 10.2 Å². The Morgan fingerprint density at radius 3 is 2.66 bits per heavy atom. The molecule has 0 spiro atoms. The molecule has 1 saturated heterocycles. The van der Waals surface area contributed by atoms with Crippen molar-refractivity contribution in [2.24, 2.45) is 0 Å². The van der Waals surface area contributed by atoms with Crippen molar-refractivity contribution in [3.63, 3.8) is 0 Å². The van der Waals surface area contributed by atoms with Crippen molar-refractivity contribution in [3.8, 4) is 11.1 Å². The Balaban J connectivity index is 1.51. The number of likely N-dealkylation sites (tertiary alicyclic amines) is 1. The first kappa shape index (κ1) is 21.5. The number of nitrogens with one attached hydrogen (secondary N) is 1. The third-order valence-corrected chi connectivity index (χ3v) is 5.99. The second kappa shape index (κ2) is 9.18. The van der Waals surface area contributed by atoms with Crippen LogP contribution in [0.4, 0.5) is 11.5 Å². The normalized spacial score (nSPS) is 15.9. The summed E-state index contributed by atoms with van der Waals surface area (Å²) in [4.78, 5) is 29.8. The summed E-state index contributed by atoms with van der Waals surface area (Å²) in [6.07, 6.45) is 3.03. The third kappa shape index (κ3) is 4.61. The largest absolute Gasteiger partial charge is 0.366 e. The minimum atomic E-state index is -0.467. The van der Waals surface area contributed by atoms with Crippen LogP contribution in [0.3, 0.4) is 0 Å². The number of hydrogen-bond acceptors (Lipinski definition) is 5. The van der Waals surface area contributed by atoms with E-state index in [0.717, 1.165) is 24.0 Å². The number of carbonyl (C=O) groups excluding carboxylic acids is 1. The van der Waals surface area contributed by atoms with Gasteiger partial charge in [-0.1, -0.05) is 36.4 Å². The van der Waals surface area contributed by atoms with Gasteiger partial charge in [0, 0.05) is 30.8 Å². The standard InChI is InChI=1S/C25H26N4O3/c1-17-9-10-19(14-18(17)2)22-7-3-4-8-23(22)25(30)28-13-5-6-20(16-28)27-24-12-11-21(15-26-24)29(31)32/h3-4,7-12,14-15,20H,5-6,13,16H2,1-2H3,(H,26,27). The molecule has 32 heavy (non-hydrogen) atoms. The van der Waals surface area contributed by atoms with E-state index < -0.39 is 4.92 Å². The van der Waals surface area contributed by atoms with Crippen molar-refractivity contribution in [1.29, 1.82) is 0 Å². The quantitative estimate of drug-likeness (QED) is 0.455. The molecule has 1 atom stereocenters. The number of aromatic nitrogens is 1. The minimum Gasteiger partial charge on any atom is -0.366 e. The Bertz CT molecular complexity index is 1140. The number of amides is 1. The summed E-state index contributed by atoms with van der Waals surface area (Å²) in [5.74, 6) is 0.590. The molecule has 3 aromatic rings. The van der Waals surface area contributed by atoms with Gasteiger partial charge >= 0.3 is 0 Å². The van der Waals surface area contributed by atoms with Gasteiger partial charge in [0.15, 0.2) is 0 Å². The van der Waals surface area contributed by atoms with Crippen LogP contribution in [-0.4, -0.2) is 39.8 Å². The van der Waals surface area contributed by atoms with E-state index in [1.165, 1.54) is 23.4 Å². The smallest absolute Gasteiger partial charge is 0.287 e. The van der Waals surface area contributed by atoms with E-state index in [-0.39, 0.29) is 17.6 Å². The molecular formula is C25H26N4O3. The average Bonchev–Trinajstić information content (AvgIpc) is 2.81. The van der Waals surface area contributed by atoms with E-state index in [9.17, 15) is 14.9 Å². The molecule has 1 fully saturated rings. The number of piperidine rings is 1. The zero-order valence-corrected chi connectivity index (χ0v) is 18.2. The maximum absolute atomic E-state index is 13.5. The summed E-state index contributed by atoms with van der Waals surface area (Å²) in [5.41, 5.74) is 5.06. The number of carbonyl (C=O) groups is 1. The number of rotatable bonds is 5. The van der Waals surface area contributed by atoms with Crippen LogP contribution in [0.1, 0.15) is 34.3 Å². The predicted octanol–water partition coefficient (Wildman–Crippen LogP) is 4.99. The first-order chi connectivity index (χ1) is 15.4. The van der Waals surface area contributed by atoms with Crippen LogP contribution in [-0.2, 0) is 0 Å². The van der Waals surface area contributed by atoms with E-state index in [1.54, 1.807) is 6.07 Å². The van der Waals surface area contributed by atoms with Gasteiger partial charge in [-0.25, -0.2) is 4.98 Å². The maximum atomic E-state index is 13.5. The highest BCUT2D eigenvalue weighted by atomic mass is 16.6. The van der Waals surface area contributed by atoms with E-state index in [1.807, 2.05) is 29.2 Å². The molecule has 164 valence electrons. The number of anilines is 1. The van der Waals surface area contributed by atoms with Crippen LogP contribution >= 0.6 is 0 Å². The Labute approximate surface area is 187 Å². The topological polar surface area (TPSA) is 88.4 Å². The molecule has 7 nitrogen and oxygen atoms in total. The van der Waals surface area contributed by atoms with Gasteiger partial charge in [-0.3, -0.25) is 14.9 Å². The first-order valence-corrected chi connectivity index (χ1v) is 10.8. The lowest BCUT2D eigenvalue weighted by atomic mass is 9.95. The number of aryl methyl sites for hydroxylation is 2. The molecular weight excluding hydrogens is 404 g/mol. The van der Waals surface area contributed by atoms with Gasteiger partial charge in [0.25, 0.3) is 11.6 Å². The lowest BCUT2D eigenvalue weighted by molar-refractivity contribution is -0.385. The molecule has 0 aliphatic carbocycles. The van der Waals surface area contributed by atoms with Crippen LogP contribution in [0, 0.1) is 24.0 Å². The van der Waals surface area contributed by atoms with Crippen LogP contribution in [0.5, 0.6) is 0 Å². The van der Waals surface area contributed by atoms with Gasteiger partial charge in [0.05, 0.1) is 4.92 Å². The Morgan fingerprint density at radius 1 is 1.12 bits per heavy atom. The molecule has 4 rings (SSSR count). The van der Waals surface area contributed by atoms with Crippen LogP contribution < -0.4 is 5.32 Å². The fraction of sp³-hybridized carbons (Fsp3) is 0.280. The summed E-state index contributed by atoms with van der Waals surface area (Å²) >= 11 is 0. The van der Waals surface area contributed by atoms with Crippen LogP contribution in [0.25, 0.3) is 11.1 Å². The predicted molar refractivity (Wildman–Crippen MR) is 125 cm³/mol. The lowest BCUT2D eigenvalue weighted by Crippen LogP contribution is -2.45. The van der Waals surface area contributed by atoms with E-state index in [0.29, 0.717) is 24.5 Å². The number of benzene rings is 2. The van der Waals surface area contributed by atoms with Gasteiger partial charge in [0.1, 0.15) is 12.0 Å². The van der Waals surface area contributed by atoms with Gasteiger partial charge in [0.2, 0.25) is 0 Å². The van der Waals surface area contributed by atoms with Gasteiger partial charge in [-0.15, -0.1) is 0 Å². The maximum Gasteiger partial charge on any atom is 0.287 e. The molecule has 2 heterocycles. The highest BCUT2D eigenvalue weighted by Gasteiger charge is 2.26. The molecule has 1 unspecified atom stereocenters. The molecule has 2 aromatic carbocycles. The second-order valence-corrected chi connectivity index (χ2v) is 8.24. The van der Waals surface area contributed by atoms with Crippen LogP contribution in [0.2, 0.25) is 0 Å². The van der Waals surface area contributed by atoms with Crippen molar-refractivity contribution >= 4 is 17.4 Å². The highest BCUT2D eigenvalue weighted by Crippen LogP contribution is 2.28.